The van der Waals surface area contributed by atoms with E-state index in [1.807, 2.05) is 6.08 Å². The van der Waals surface area contributed by atoms with Crippen LogP contribution in [-0.2, 0) is 19.1 Å². The number of nitriles is 1. The van der Waals surface area contributed by atoms with E-state index in [2.05, 4.69) is 60.6 Å². The Morgan fingerprint density at radius 1 is 1.00 bits per heavy atom. The molecule has 3 saturated carbocycles. The molecule has 0 aromatic heterocycles. The van der Waals surface area contributed by atoms with Gasteiger partial charge in [-0.05, 0) is 84.5 Å². The molecule has 208 valence electrons. The molecule has 8 atom stereocenters. The Kier molecular flexibility index (Phi) is 6.03. The third-order valence-corrected chi connectivity index (χ3v) is 12.9. The monoisotopic (exact) mass is 521 g/mol. The van der Waals surface area contributed by atoms with E-state index in [1.165, 1.54) is 12.7 Å². The number of nitrogens with zero attached hydrogens (tertiary/aromatic N) is 1. The van der Waals surface area contributed by atoms with Gasteiger partial charge in [0.05, 0.1) is 30.3 Å². The van der Waals surface area contributed by atoms with Crippen molar-refractivity contribution in [3.63, 3.8) is 0 Å². The number of allylic oxidation sites excluding steroid dienone is 3. The van der Waals surface area contributed by atoms with E-state index >= 15 is 0 Å². The highest BCUT2D eigenvalue weighted by Gasteiger charge is 2.71. The maximum absolute atomic E-state index is 14.5. The maximum Gasteiger partial charge on any atom is 0.312 e. The molecule has 3 fully saturated rings. The molecule has 0 heterocycles. The maximum atomic E-state index is 14.5. The molecule has 0 amide bonds. The standard InChI is InChI=1S/C33H47NO4/c1-28(2)12-14-33(27(36)38-9)15-13-32(7)25(21(33)18-28)22(35)16-24-30(5)17-20(19-34)26(37-8)29(3,4)23(30)10-11-31(24,32)6/h16-17,21,23,25-26H,10-15,18H2,1-9H3/t21?,23?,25?,26?,30?,31?,32-,33?/m1/s1. The molecule has 5 aliphatic carbocycles. The lowest BCUT2D eigenvalue weighted by molar-refractivity contribution is -0.192. The van der Waals surface area contributed by atoms with E-state index < -0.39 is 10.8 Å². The smallest absolute Gasteiger partial charge is 0.312 e. The van der Waals surface area contributed by atoms with Gasteiger partial charge in [-0.2, -0.15) is 5.26 Å². The number of hydrogen-bond donors (Lipinski definition) is 0. The molecule has 38 heavy (non-hydrogen) atoms. The molecule has 0 spiro atoms. The van der Waals surface area contributed by atoms with Crippen LogP contribution in [0.3, 0.4) is 0 Å². The molecular formula is C33H47NO4. The zero-order chi connectivity index (χ0) is 28.1. The van der Waals surface area contributed by atoms with Crippen LogP contribution in [0.1, 0.15) is 93.4 Å². The molecule has 0 radical (unpaired) electrons. The van der Waals surface area contributed by atoms with E-state index in [-0.39, 0.29) is 57.3 Å². The minimum absolute atomic E-state index is 0.0176. The molecule has 0 N–H and O–H groups in total. The van der Waals surface area contributed by atoms with Gasteiger partial charge >= 0.3 is 5.97 Å². The topological polar surface area (TPSA) is 76.4 Å². The van der Waals surface area contributed by atoms with Gasteiger partial charge in [0, 0.05) is 18.4 Å². The van der Waals surface area contributed by atoms with Gasteiger partial charge in [0.2, 0.25) is 0 Å². The summed E-state index contributed by atoms with van der Waals surface area (Å²) in [6.45, 7) is 16.0. The first-order chi connectivity index (χ1) is 17.6. The Balaban J connectivity index is 1.70. The first-order valence-corrected chi connectivity index (χ1v) is 14.6. The largest absolute Gasteiger partial charge is 0.469 e. The van der Waals surface area contributed by atoms with Gasteiger partial charge in [0.15, 0.2) is 5.78 Å². The van der Waals surface area contributed by atoms with Crippen LogP contribution in [0.4, 0.5) is 0 Å². The van der Waals surface area contributed by atoms with Gasteiger partial charge in [-0.3, -0.25) is 9.59 Å². The van der Waals surface area contributed by atoms with Crippen LogP contribution in [0, 0.1) is 61.6 Å². The number of carbonyl (C=O) groups is 2. The SMILES string of the molecule is COC(=O)C12CCC(C)(C)CC1C1C(=O)C=C3C4(C)C=C(C#N)C(OC)C(C)(C)C4CCC3(C)[C@]1(C)CC2. The zero-order valence-corrected chi connectivity index (χ0v) is 25.0. The molecule has 0 aliphatic heterocycles. The van der Waals surface area contributed by atoms with Gasteiger partial charge in [0.25, 0.3) is 0 Å². The Labute approximate surface area is 229 Å². The van der Waals surface area contributed by atoms with E-state index in [0.29, 0.717) is 5.57 Å². The molecular weight excluding hydrogens is 474 g/mol. The van der Waals surface area contributed by atoms with Crippen molar-refractivity contribution in [1.29, 1.82) is 5.26 Å². The molecule has 5 rings (SSSR count). The van der Waals surface area contributed by atoms with E-state index in [0.717, 1.165) is 44.9 Å². The number of rotatable bonds is 2. The quantitative estimate of drug-likeness (QED) is 0.373. The van der Waals surface area contributed by atoms with E-state index in [1.54, 1.807) is 7.11 Å². The predicted octanol–water partition coefficient (Wildman–Crippen LogP) is 6.82. The van der Waals surface area contributed by atoms with Gasteiger partial charge in [0.1, 0.15) is 0 Å². The second-order valence-electron chi connectivity index (χ2n) is 15.3. The molecule has 0 aromatic carbocycles. The normalized spacial score (nSPS) is 46.7. The van der Waals surface area contributed by atoms with Crippen molar-refractivity contribution in [2.24, 2.45) is 50.2 Å². The summed E-state index contributed by atoms with van der Waals surface area (Å²) < 4.78 is 11.3. The fraction of sp³-hybridized carbons (Fsp3) is 0.788. The van der Waals surface area contributed by atoms with Crippen molar-refractivity contribution in [2.45, 2.75) is 99.5 Å². The predicted molar refractivity (Wildman–Crippen MR) is 147 cm³/mol. The van der Waals surface area contributed by atoms with Crippen molar-refractivity contribution in [3.05, 3.63) is 23.3 Å². The number of hydrogen-bond acceptors (Lipinski definition) is 5. The fourth-order valence-electron chi connectivity index (χ4n) is 10.8. The van der Waals surface area contributed by atoms with Crippen molar-refractivity contribution in [3.8, 4) is 6.07 Å². The van der Waals surface area contributed by atoms with Crippen LogP contribution in [-0.4, -0.2) is 32.1 Å². The van der Waals surface area contributed by atoms with Crippen LogP contribution in [0.2, 0.25) is 0 Å². The summed E-state index contributed by atoms with van der Waals surface area (Å²) in [6, 6.07) is 2.45. The number of fused-ring (bicyclic) bond motifs is 7. The van der Waals surface area contributed by atoms with E-state index in [9.17, 15) is 14.9 Å². The molecule has 0 bridgehead atoms. The highest BCUT2D eigenvalue weighted by Crippen LogP contribution is 2.74. The van der Waals surface area contributed by atoms with Crippen molar-refractivity contribution < 1.29 is 19.1 Å². The third kappa shape index (κ3) is 3.25. The minimum Gasteiger partial charge on any atom is -0.469 e. The van der Waals surface area contributed by atoms with Gasteiger partial charge in [-0.15, -0.1) is 0 Å². The lowest BCUT2D eigenvalue weighted by Crippen LogP contribution is -2.66. The summed E-state index contributed by atoms with van der Waals surface area (Å²) in [6.07, 6.45) is 10.1. The van der Waals surface area contributed by atoms with Crippen LogP contribution in [0.15, 0.2) is 23.3 Å². The van der Waals surface area contributed by atoms with Crippen LogP contribution < -0.4 is 0 Å². The summed E-state index contributed by atoms with van der Waals surface area (Å²) in [5.74, 6) is 0.0963. The molecule has 0 saturated heterocycles. The van der Waals surface area contributed by atoms with Crippen LogP contribution in [0.25, 0.3) is 0 Å². The lowest BCUT2D eigenvalue weighted by atomic mass is 9.34. The average molecular weight is 522 g/mol. The second-order valence-corrected chi connectivity index (χ2v) is 15.3. The second kappa shape index (κ2) is 8.29. The minimum atomic E-state index is -0.570. The molecule has 5 heteroatoms. The van der Waals surface area contributed by atoms with E-state index in [4.69, 9.17) is 9.47 Å². The molecule has 5 aliphatic rings. The first-order valence-electron chi connectivity index (χ1n) is 14.6. The first kappa shape index (κ1) is 27.6. The molecule has 5 nitrogen and oxygen atoms in total. The molecule has 7 unspecified atom stereocenters. The Morgan fingerprint density at radius 3 is 2.26 bits per heavy atom. The number of esters is 1. The summed E-state index contributed by atoms with van der Waals surface area (Å²) in [5, 5.41) is 10.1. The number of carbonyl (C=O) groups excluding carboxylic acids is 2. The van der Waals surface area contributed by atoms with Crippen LogP contribution >= 0.6 is 0 Å². The van der Waals surface area contributed by atoms with Crippen LogP contribution in [0.5, 0.6) is 0 Å². The van der Waals surface area contributed by atoms with Gasteiger partial charge < -0.3 is 9.47 Å². The fourth-order valence-corrected chi connectivity index (χ4v) is 10.8. The molecule has 0 aromatic rings. The Morgan fingerprint density at radius 2 is 1.66 bits per heavy atom. The average Bonchev–Trinajstić information content (AvgIpc) is 2.84. The summed E-state index contributed by atoms with van der Waals surface area (Å²) >= 11 is 0. The Hall–Kier alpha value is -1.93. The van der Waals surface area contributed by atoms with Gasteiger partial charge in [-0.1, -0.05) is 60.1 Å². The van der Waals surface area contributed by atoms with Gasteiger partial charge in [-0.25, -0.2) is 0 Å². The highest BCUT2D eigenvalue weighted by molar-refractivity contribution is 5.96. The number of ether oxygens (including phenoxy) is 2. The van der Waals surface area contributed by atoms with Crippen molar-refractivity contribution in [1.82, 2.24) is 0 Å². The summed E-state index contributed by atoms with van der Waals surface area (Å²) in [7, 11) is 3.20. The third-order valence-electron chi connectivity index (χ3n) is 12.9. The lowest BCUT2D eigenvalue weighted by Gasteiger charge is -2.69. The summed E-state index contributed by atoms with van der Waals surface area (Å²) in [5.41, 5.74) is 0.273. The number of ketones is 1. The van der Waals surface area contributed by atoms with Crippen molar-refractivity contribution >= 4 is 11.8 Å². The number of methoxy groups -OCH3 is 2. The highest BCUT2D eigenvalue weighted by atomic mass is 16.5. The Bertz CT molecular complexity index is 1170. The van der Waals surface area contributed by atoms with Crippen molar-refractivity contribution in [2.75, 3.05) is 14.2 Å². The zero-order valence-electron chi connectivity index (χ0n) is 25.0. The summed E-state index contributed by atoms with van der Waals surface area (Å²) in [4.78, 5) is 27.9.